The highest BCUT2D eigenvalue weighted by atomic mass is 19.1. The molecule has 1 aliphatic heterocycles. The number of benzene rings is 2. The van der Waals surface area contributed by atoms with Crippen molar-refractivity contribution in [3.05, 3.63) is 76.9 Å². The Labute approximate surface area is 171 Å². The Morgan fingerprint density at radius 1 is 1.10 bits per heavy atom. The van der Waals surface area contributed by atoms with Gasteiger partial charge in [0, 0.05) is 44.1 Å². The number of carbonyl (C=O) groups is 1. The van der Waals surface area contributed by atoms with Crippen molar-refractivity contribution in [1.29, 1.82) is 5.41 Å². The molecule has 0 atom stereocenters. The molecule has 2 aromatic carbocycles. The fraction of sp³-hybridized carbons (Fsp3) is 0.238. The number of halogens is 3. The van der Waals surface area contributed by atoms with E-state index in [-0.39, 0.29) is 23.8 Å². The monoisotopic (exact) mass is 418 g/mol. The van der Waals surface area contributed by atoms with Gasteiger partial charge in [-0.1, -0.05) is 12.1 Å². The van der Waals surface area contributed by atoms with Gasteiger partial charge in [-0.05, 0) is 29.8 Å². The minimum atomic E-state index is -0.842. The topological polar surface area (TPSA) is 77.5 Å². The summed E-state index contributed by atoms with van der Waals surface area (Å²) in [5, 5.41) is 13.4. The van der Waals surface area contributed by atoms with Gasteiger partial charge in [0.05, 0.1) is 0 Å². The maximum atomic E-state index is 13.5. The molecule has 0 saturated carbocycles. The van der Waals surface area contributed by atoms with Crippen LogP contribution in [0.1, 0.15) is 5.56 Å². The highest BCUT2D eigenvalue weighted by Crippen LogP contribution is 2.19. The number of ether oxygens (including phenoxy) is 1. The molecule has 0 aromatic heterocycles. The Morgan fingerprint density at radius 3 is 2.43 bits per heavy atom. The third-order valence-corrected chi connectivity index (χ3v) is 4.43. The van der Waals surface area contributed by atoms with Gasteiger partial charge in [-0.2, -0.15) is 0 Å². The number of nitrogens with zero attached hydrogens (tertiary/aromatic N) is 1. The second-order valence-electron chi connectivity index (χ2n) is 6.63. The number of anilines is 1. The lowest BCUT2D eigenvalue weighted by atomic mass is 10.2. The Morgan fingerprint density at radius 2 is 1.80 bits per heavy atom. The van der Waals surface area contributed by atoms with E-state index < -0.39 is 23.4 Å². The van der Waals surface area contributed by atoms with Crippen molar-refractivity contribution in [1.82, 2.24) is 10.2 Å². The molecule has 1 saturated heterocycles. The van der Waals surface area contributed by atoms with Crippen LogP contribution in [0.25, 0.3) is 0 Å². The number of nitrogens with one attached hydrogen (secondary N) is 3. The molecule has 9 heteroatoms. The molecule has 1 fully saturated rings. The van der Waals surface area contributed by atoms with Crippen molar-refractivity contribution in [3.63, 3.8) is 0 Å². The number of rotatable bonds is 7. The summed E-state index contributed by atoms with van der Waals surface area (Å²) >= 11 is 0. The van der Waals surface area contributed by atoms with Crippen molar-refractivity contribution in [2.24, 2.45) is 0 Å². The van der Waals surface area contributed by atoms with E-state index in [1.807, 2.05) is 0 Å². The van der Waals surface area contributed by atoms with Gasteiger partial charge in [-0.15, -0.1) is 0 Å². The number of allylic oxidation sites excluding steroid dienone is 1. The number of piperazine rings is 1. The summed E-state index contributed by atoms with van der Waals surface area (Å²) in [5.41, 5.74) is 0.623. The highest BCUT2D eigenvalue weighted by molar-refractivity contribution is 6.05. The fourth-order valence-electron chi connectivity index (χ4n) is 3.06. The molecule has 2 aromatic rings. The average molecular weight is 418 g/mol. The maximum absolute atomic E-state index is 13.5. The van der Waals surface area contributed by atoms with Crippen molar-refractivity contribution in [2.45, 2.75) is 6.61 Å². The van der Waals surface area contributed by atoms with E-state index in [2.05, 4.69) is 10.6 Å². The summed E-state index contributed by atoms with van der Waals surface area (Å²) in [6.07, 6.45) is 0.998. The van der Waals surface area contributed by atoms with Gasteiger partial charge in [0.1, 0.15) is 29.8 Å². The lowest BCUT2D eigenvalue weighted by Gasteiger charge is -2.31. The molecular weight excluding hydrogens is 397 g/mol. The average Bonchev–Trinajstić information content (AvgIpc) is 2.71. The predicted molar refractivity (Wildman–Crippen MR) is 106 cm³/mol. The number of carbonyl (C=O) groups excluding carboxylic acids is 1. The first-order chi connectivity index (χ1) is 14.5. The first-order valence-corrected chi connectivity index (χ1v) is 9.31. The van der Waals surface area contributed by atoms with Crippen molar-refractivity contribution in [3.8, 4) is 0 Å². The summed E-state index contributed by atoms with van der Waals surface area (Å²) in [5.74, 6) is -3.10. The van der Waals surface area contributed by atoms with E-state index in [0.717, 1.165) is 18.3 Å². The Bertz CT molecular complexity index is 939. The standard InChI is InChI=1S/C21H21F3N4O2/c22-15-3-1-2-14(8-15)13-30-20(19(12-25)28-6-4-26-5-7-28)21(29)27-18-10-16(23)9-17(24)11-18/h1-3,8-12,25-26H,4-7,13H2,(H,27,29)/b20-19-,25-12?. The number of amides is 1. The van der Waals surface area contributed by atoms with Crippen LogP contribution in [0.15, 0.2) is 53.9 Å². The Balaban J connectivity index is 1.89. The lowest BCUT2D eigenvalue weighted by molar-refractivity contribution is -0.116. The molecule has 158 valence electrons. The van der Waals surface area contributed by atoms with Crippen LogP contribution >= 0.6 is 0 Å². The molecule has 0 unspecified atom stereocenters. The van der Waals surface area contributed by atoms with Gasteiger partial charge in [0.15, 0.2) is 0 Å². The Kier molecular flexibility index (Phi) is 7.08. The molecule has 3 N–H and O–H groups in total. The van der Waals surface area contributed by atoms with Crippen LogP contribution in [-0.2, 0) is 16.1 Å². The third-order valence-electron chi connectivity index (χ3n) is 4.43. The molecule has 0 spiro atoms. The normalized spacial score (nSPS) is 14.7. The summed E-state index contributed by atoms with van der Waals surface area (Å²) < 4.78 is 46.1. The quantitative estimate of drug-likeness (QED) is 0.367. The van der Waals surface area contributed by atoms with Crippen molar-refractivity contribution < 1.29 is 22.7 Å². The van der Waals surface area contributed by atoms with Gasteiger partial charge in [0.25, 0.3) is 5.91 Å². The van der Waals surface area contributed by atoms with Gasteiger partial charge < -0.3 is 25.7 Å². The van der Waals surface area contributed by atoms with Gasteiger partial charge in [-0.25, -0.2) is 13.2 Å². The van der Waals surface area contributed by atoms with Crippen molar-refractivity contribution >= 4 is 17.8 Å². The van der Waals surface area contributed by atoms with E-state index in [1.54, 1.807) is 11.0 Å². The molecular formula is C21H21F3N4O2. The van der Waals surface area contributed by atoms with Crippen LogP contribution in [0.4, 0.5) is 18.9 Å². The molecule has 3 rings (SSSR count). The van der Waals surface area contributed by atoms with Crippen LogP contribution in [-0.4, -0.2) is 43.2 Å². The SMILES string of the molecule is N=C/C(=C(/OCc1cccc(F)c1)C(=O)Nc1cc(F)cc(F)c1)N1CCNCC1. The molecule has 6 nitrogen and oxygen atoms in total. The minimum Gasteiger partial charge on any atom is -0.481 e. The molecule has 1 aliphatic rings. The molecule has 0 radical (unpaired) electrons. The highest BCUT2D eigenvalue weighted by Gasteiger charge is 2.23. The first kappa shape index (κ1) is 21.4. The van der Waals surface area contributed by atoms with E-state index in [4.69, 9.17) is 10.1 Å². The first-order valence-electron chi connectivity index (χ1n) is 9.31. The van der Waals surface area contributed by atoms with Crippen LogP contribution < -0.4 is 10.6 Å². The van der Waals surface area contributed by atoms with E-state index in [0.29, 0.717) is 37.8 Å². The molecule has 30 heavy (non-hydrogen) atoms. The Hall–Kier alpha value is -3.33. The third kappa shape index (κ3) is 5.60. The van der Waals surface area contributed by atoms with Crippen LogP contribution in [0.2, 0.25) is 0 Å². The zero-order chi connectivity index (χ0) is 21.5. The second kappa shape index (κ2) is 9.93. The van der Waals surface area contributed by atoms with E-state index in [9.17, 15) is 18.0 Å². The molecule has 1 amide bonds. The van der Waals surface area contributed by atoms with E-state index >= 15 is 0 Å². The lowest BCUT2D eigenvalue weighted by Crippen LogP contribution is -2.44. The molecule has 0 aliphatic carbocycles. The largest absolute Gasteiger partial charge is 0.481 e. The summed E-state index contributed by atoms with van der Waals surface area (Å²) in [6, 6.07) is 8.34. The number of hydrogen-bond acceptors (Lipinski definition) is 5. The van der Waals surface area contributed by atoms with Crippen molar-refractivity contribution in [2.75, 3.05) is 31.5 Å². The summed E-state index contributed by atoms with van der Waals surface area (Å²) in [7, 11) is 0. The molecule has 0 bridgehead atoms. The second-order valence-corrected chi connectivity index (χ2v) is 6.63. The fourth-order valence-corrected chi connectivity index (χ4v) is 3.06. The number of hydrogen-bond donors (Lipinski definition) is 3. The zero-order valence-electron chi connectivity index (χ0n) is 16.1. The van der Waals surface area contributed by atoms with Gasteiger partial charge >= 0.3 is 0 Å². The van der Waals surface area contributed by atoms with Gasteiger partial charge in [-0.3, -0.25) is 4.79 Å². The van der Waals surface area contributed by atoms with Crippen LogP contribution in [0.3, 0.4) is 0 Å². The maximum Gasteiger partial charge on any atom is 0.293 e. The van der Waals surface area contributed by atoms with Crippen LogP contribution in [0, 0.1) is 22.9 Å². The summed E-state index contributed by atoms with van der Waals surface area (Å²) in [4.78, 5) is 14.7. The zero-order valence-corrected chi connectivity index (χ0v) is 16.1. The predicted octanol–water partition coefficient (Wildman–Crippen LogP) is 3.03. The smallest absolute Gasteiger partial charge is 0.293 e. The van der Waals surface area contributed by atoms with Crippen LogP contribution in [0.5, 0.6) is 0 Å². The molecule has 1 heterocycles. The van der Waals surface area contributed by atoms with E-state index in [1.165, 1.54) is 18.2 Å². The summed E-state index contributed by atoms with van der Waals surface area (Å²) in [6.45, 7) is 2.27. The minimum absolute atomic E-state index is 0.0889. The van der Waals surface area contributed by atoms with Gasteiger partial charge in [0.2, 0.25) is 5.76 Å².